The molecule has 0 bridgehead atoms. The minimum absolute atomic E-state index is 0.382. The lowest BCUT2D eigenvalue weighted by molar-refractivity contribution is -0.660. The summed E-state index contributed by atoms with van der Waals surface area (Å²) in [7, 11) is 10.5. The highest BCUT2D eigenvalue weighted by atomic mass is 16.4. The predicted octanol–water partition coefficient (Wildman–Crippen LogP) is 27.5. The van der Waals surface area contributed by atoms with E-state index in [4.69, 9.17) is 37.0 Å². The summed E-state index contributed by atoms with van der Waals surface area (Å²) in [6, 6.07) is 61.1. The van der Waals surface area contributed by atoms with E-state index in [1.165, 1.54) is 176 Å². The Labute approximate surface area is 774 Å². The van der Waals surface area contributed by atoms with Crippen LogP contribution in [0, 0.1) is 69.2 Å². The van der Waals surface area contributed by atoms with Crippen LogP contribution in [0.1, 0.15) is 212 Å². The molecule has 2 saturated carbocycles. The second kappa shape index (κ2) is 37.1. The molecule has 5 aromatic carbocycles. The number of aromatic nitrogens is 10. The van der Waals surface area contributed by atoms with Crippen molar-refractivity contribution in [2.75, 3.05) is 0 Å². The Bertz CT molecular complexity index is 7870. The number of nitrogens with zero attached hydrogens (tertiary/aromatic N) is 10. The van der Waals surface area contributed by atoms with Gasteiger partial charge in [0.25, 0.3) is 0 Å². The first-order valence-electron chi connectivity index (χ1n) is 47.8. The number of fused-ring (bicyclic) bond motifs is 15. The number of hydrogen-bond acceptors (Lipinski definition) is 10. The van der Waals surface area contributed by atoms with Crippen LogP contribution in [0.4, 0.5) is 0 Å². The molecule has 2 aliphatic rings. The van der Waals surface area contributed by atoms with Gasteiger partial charge in [-0.25, -0.2) is 47.8 Å². The van der Waals surface area contributed by atoms with Crippen LogP contribution in [-0.4, -0.2) is 24.9 Å². The largest absolute Gasteiger partial charge is 0.437 e. The SMILES string of the molecule is CCc1cc[n+](C)c(-c2c(C)ccc3c2oc2nc(C(C)C)ccc23)c1.CCc1cc[n+](C)c(-c2c(C)ccc3c2oc2nc(C)ccc23)c1.CCc1cc[n+](C)c(-c2c(C)ccc3c2oc2nc(CC)ccc23)c1.Cc1cc(-c2c(C)ccc3c2oc2nc(C4CCCC4)ccc23)[n+](C)cc1C.Cc1cc(-c2c(C)ccc3c2oc2nc(C4CCCCC4)ccc23)[n+](C)cc1C. The first-order chi connectivity index (χ1) is 63.7. The van der Waals surface area contributed by atoms with Crippen LogP contribution in [-0.2, 0) is 60.9 Å². The molecule has 0 aliphatic heterocycles. The third-order valence-electron chi connectivity index (χ3n) is 28.2. The lowest BCUT2D eigenvalue weighted by Gasteiger charge is -2.20. The van der Waals surface area contributed by atoms with Crippen molar-refractivity contribution in [1.82, 2.24) is 24.9 Å². The van der Waals surface area contributed by atoms with Gasteiger partial charge in [0.15, 0.2) is 58.9 Å². The van der Waals surface area contributed by atoms with Gasteiger partial charge in [0.1, 0.15) is 35.2 Å². The molecule has 0 spiro atoms. The molecule has 15 nitrogen and oxygen atoms in total. The fraction of sp³-hybridized carbons (Fsp3) is 0.316. The Morgan fingerprint density at radius 3 is 0.917 bits per heavy atom. The van der Waals surface area contributed by atoms with Crippen molar-refractivity contribution in [1.29, 1.82) is 0 Å². The van der Waals surface area contributed by atoms with Crippen LogP contribution >= 0.6 is 0 Å². The molecule has 2 aliphatic carbocycles. The second-order valence-electron chi connectivity index (χ2n) is 37.7. The smallest absolute Gasteiger partial charge is 0.227 e. The highest BCUT2D eigenvalue weighted by Gasteiger charge is 2.31. The molecule has 2 fully saturated rings. The van der Waals surface area contributed by atoms with E-state index in [0.29, 0.717) is 23.5 Å². The minimum Gasteiger partial charge on any atom is -0.437 e. The molecule has 0 unspecified atom stereocenters. The Morgan fingerprint density at radius 2 is 0.576 bits per heavy atom. The fourth-order valence-electron chi connectivity index (χ4n) is 20.0. The van der Waals surface area contributed by atoms with Gasteiger partial charge in [-0.15, -0.1) is 0 Å². The Balaban J connectivity index is 0.000000111. The van der Waals surface area contributed by atoms with Gasteiger partial charge in [-0.05, 0) is 243 Å². The van der Waals surface area contributed by atoms with Crippen molar-refractivity contribution in [2.45, 2.75) is 212 Å². The van der Waals surface area contributed by atoms with E-state index < -0.39 is 0 Å². The van der Waals surface area contributed by atoms with Gasteiger partial charge in [0.2, 0.25) is 57.0 Å². The van der Waals surface area contributed by atoms with E-state index in [1.807, 2.05) is 13.0 Å². The summed E-state index contributed by atoms with van der Waals surface area (Å²) in [5.41, 5.74) is 40.8. The van der Waals surface area contributed by atoms with E-state index in [0.717, 1.165) is 164 Å². The van der Waals surface area contributed by atoms with Gasteiger partial charge >= 0.3 is 0 Å². The van der Waals surface area contributed by atoms with Gasteiger partial charge in [0.05, 0.1) is 27.8 Å². The zero-order valence-electron chi connectivity index (χ0n) is 81.0. The standard InChI is InChI=1S/C26H29N2O.C25H27N2O.C23H25N2O.C22H23N2O.C21H21N2O/c1-16-10-11-20-21-12-13-22(19-8-6-5-7-9-19)27-26(21)29-25(20)24(16)23-14-17(2)18(3)15-28(23)4;1-15-9-10-19-20-11-12-21(18-7-5-6-8-18)26-25(20)28-24(19)23(15)22-13-16(2)17(3)14-27(22)4;1-6-16-11-12-25(5)20(13-16)21-15(4)7-8-17-18-9-10-19(14(2)3)24-23(18)26-22(17)21;1-5-15-11-12-24(4)19(13-15)20-14(3)7-9-17-18-10-8-16(6-2)23-22(18)25-21(17)20;1-5-15-10-11-23(4)18(12-15)19-13(2)6-8-16-17-9-7-14(3)22-21(17)24-20(16)19/h10-15,19H,5-9H2,1-4H3;9-14,18H,5-8H2,1-4H3;7-14H,6H2,1-5H3;7-13H,5-6H2,1-4H3;6-12H,5H2,1-4H3/q5*+1. The van der Waals surface area contributed by atoms with Crippen LogP contribution in [0.2, 0.25) is 0 Å². The molecule has 22 rings (SSSR count). The Morgan fingerprint density at radius 1 is 0.280 bits per heavy atom. The summed E-state index contributed by atoms with van der Waals surface area (Å²) in [5, 5.41) is 11.2. The minimum atomic E-state index is 0.382. The van der Waals surface area contributed by atoms with Crippen LogP contribution in [0.3, 0.4) is 0 Å². The van der Waals surface area contributed by atoms with Crippen LogP contribution in [0.5, 0.6) is 0 Å². The van der Waals surface area contributed by atoms with Crippen molar-refractivity contribution in [3.05, 3.63) is 296 Å². The van der Waals surface area contributed by atoms with Gasteiger partial charge in [0, 0.05) is 154 Å². The third-order valence-corrected chi connectivity index (χ3v) is 28.2. The number of aryl methyl sites for hydroxylation is 19. The maximum atomic E-state index is 6.45. The molecule has 15 heterocycles. The number of pyridine rings is 10. The van der Waals surface area contributed by atoms with Crippen LogP contribution in [0.15, 0.2) is 223 Å². The first-order valence-corrected chi connectivity index (χ1v) is 47.8. The zero-order valence-corrected chi connectivity index (χ0v) is 81.0. The van der Waals surface area contributed by atoms with Crippen molar-refractivity contribution in [3.63, 3.8) is 0 Å². The van der Waals surface area contributed by atoms with Crippen molar-refractivity contribution < 1.29 is 44.9 Å². The van der Waals surface area contributed by atoms with Crippen LogP contribution in [0.25, 0.3) is 167 Å². The summed E-state index contributed by atoms with van der Waals surface area (Å²) < 4.78 is 42.6. The Hall–Kier alpha value is -13.4. The molecular weight excluding hydrogens is 1630 g/mol. The fourth-order valence-corrected chi connectivity index (χ4v) is 20.0. The van der Waals surface area contributed by atoms with E-state index in [-0.39, 0.29) is 0 Å². The molecular formula is C117H125N10O5+5. The maximum Gasteiger partial charge on any atom is 0.227 e. The predicted molar refractivity (Wildman–Crippen MR) is 537 cm³/mol. The molecule has 0 saturated heterocycles. The number of hydrogen-bond donors (Lipinski definition) is 0. The number of furan rings is 5. The first kappa shape index (κ1) is 89.2. The van der Waals surface area contributed by atoms with Gasteiger partial charge in [-0.2, -0.15) is 0 Å². The average molecular weight is 1750 g/mol. The second-order valence-corrected chi connectivity index (χ2v) is 37.7. The highest BCUT2D eigenvalue weighted by Crippen LogP contribution is 2.45. The summed E-state index contributed by atoms with van der Waals surface area (Å²) in [4.78, 5) is 23.9. The summed E-state index contributed by atoms with van der Waals surface area (Å²) >= 11 is 0. The lowest BCUT2D eigenvalue weighted by atomic mass is 9.86. The summed E-state index contributed by atoms with van der Waals surface area (Å²) in [5.74, 6) is 1.56. The molecule has 0 amide bonds. The molecule has 15 aromatic heterocycles. The molecule has 20 aromatic rings. The number of benzene rings is 5. The van der Waals surface area contributed by atoms with Crippen LogP contribution < -0.4 is 22.8 Å². The van der Waals surface area contributed by atoms with E-state index in [1.54, 1.807) is 0 Å². The normalized spacial score (nSPS) is 13.2. The van der Waals surface area contributed by atoms with E-state index in [9.17, 15) is 0 Å². The van der Waals surface area contributed by atoms with E-state index in [2.05, 4.69) is 367 Å². The van der Waals surface area contributed by atoms with Gasteiger partial charge < -0.3 is 22.1 Å². The zero-order chi connectivity index (χ0) is 92.4. The topological polar surface area (TPSA) is 150 Å². The molecule has 0 atom stereocenters. The van der Waals surface area contributed by atoms with Crippen molar-refractivity contribution in [2.24, 2.45) is 35.2 Å². The molecule has 668 valence electrons. The summed E-state index contributed by atoms with van der Waals surface area (Å²) in [6.45, 7) is 34.4. The highest BCUT2D eigenvalue weighted by molar-refractivity contribution is 6.13. The Kier molecular flexibility index (Phi) is 25.1. The lowest BCUT2D eigenvalue weighted by Crippen LogP contribution is -2.31. The third kappa shape index (κ3) is 17.0. The maximum absolute atomic E-state index is 6.45. The number of rotatable bonds is 12. The average Bonchev–Trinajstić information content (AvgIpc) is 1.59. The van der Waals surface area contributed by atoms with Crippen molar-refractivity contribution >= 4 is 110 Å². The van der Waals surface area contributed by atoms with Crippen molar-refractivity contribution in [3.8, 4) is 56.3 Å². The van der Waals surface area contributed by atoms with E-state index >= 15 is 0 Å². The van der Waals surface area contributed by atoms with Gasteiger partial charge in [-0.3, -0.25) is 0 Å². The molecule has 0 radical (unpaired) electrons. The molecule has 132 heavy (non-hydrogen) atoms. The summed E-state index contributed by atoms with van der Waals surface area (Å²) in [6.07, 6.45) is 26.4. The molecule has 15 heteroatoms. The molecule has 0 N–H and O–H groups in total. The van der Waals surface area contributed by atoms with Gasteiger partial charge in [-0.1, -0.05) is 134 Å². The monoisotopic (exact) mass is 1750 g/mol. The quantitative estimate of drug-likeness (QED) is 0.108.